The Morgan fingerprint density at radius 3 is 1.10 bits per heavy atom. The number of amides is 1. The first-order valence-electron chi connectivity index (χ1n) is 35.9. The molecule has 9 heteroatoms. The van der Waals surface area contributed by atoms with Gasteiger partial charge in [-0.15, -0.1) is 0 Å². The van der Waals surface area contributed by atoms with Gasteiger partial charge in [-0.05, 0) is 64.2 Å². The zero-order valence-electron chi connectivity index (χ0n) is 54.0. The van der Waals surface area contributed by atoms with Gasteiger partial charge in [-0.2, -0.15) is 0 Å². The van der Waals surface area contributed by atoms with Crippen LogP contribution in [0.5, 0.6) is 0 Å². The second-order valence-corrected chi connectivity index (χ2v) is 25.0. The molecule has 0 aromatic heterocycles. The maximum Gasteiger partial charge on any atom is 0.220 e. The highest BCUT2D eigenvalue weighted by atomic mass is 16.7. The van der Waals surface area contributed by atoms with Crippen molar-refractivity contribution in [3.05, 3.63) is 48.6 Å². The van der Waals surface area contributed by atoms with Gasteiger partial charge >= 0.3 is 0 Å². The fraction of sp³-hybridized carbons (Fsp3) is 0.877. The van der Waals surface area contributed by atoms with Crippen LogP contribution < -0.4 is 5.32 Å². The van der Waals surface area contributed by atoms with Crippen LogP contribution in [0.2, 0.25) is 0 Å². The van der Waals surface area contributed by atoms with Crippen molar-refractivity contribution in [2.24, 2.45) is 0 Å². The number of unbranched alkanes of at least 4 members (excludes halogenated alkanes) is 47. The van der Waals surface area contributed by atoms with Gasteiger partial charge in [0.25, 0.3) is 0 Å². The Balaban J connectivity index is 2.06. The number of aliphatic hydroxyl groups excluding tert-OH is 5. The molecule has 0 spiro atoms. The summed E-state index contributed by atoms with van der Waals surface area (Å²) < 4.78 is 11.3. The molecule has 1 aliphatic rings. The molecule has 7 unspecified atom stereocenters. The van der Waals surface area contributed by atoms with Crippen LogP contribution in [0.25, 0.3) is 0 Å². The summed E-state index contributed by atoms with van der Waals surface area (Å²) in [6.45, 7) is 3.80. The summed E-state index contributed by atoms with van der Waals surface area (Å²) >= 11 is 0. The minimum atomic E-state index is -1.57. The zero-order chi connectivity index (χ0) is 59.3. The molecule has 6 N–H and O–H groups in total. The SMILES string of the molecule is CCCCCCC/C=C\C/C=C\CCCCCCCCCCCCCCCCCCCCCCCCCCCCCC(=O)NC(COC1OC(CO)C(O)C(O)C1O)C(O)/C=C/CC/C=C/CCCCCCCCCCCCCCCC. The molecule has 7 atom stereocenters. The van der Waals surface area contributed by atoms with Gasteiger partial charge in [-0.3, -0.25) is 4.79 Å². The molecule has 0 saturated carbocycles. The van der Waals surface area contributed by atoms with Crippen LogP contribution >= 0.6 is 0 Å². The molecule has 82 heavy (non-hydrogen) atoms. The number of hydrogen-bond donors (Lipinski definition) is 6. The van der Waals surface area contributed by atoms with Crippen molar-refractivity contribution in [2.45, 2.75) is 397 Å². The lowest BCUT2D eigenvalue weighted by Crippen LogP contribution is -2.60. The third-order valence-electron chi connectivity index (χ3n) is 17.1. The molecule has 0 aromatic rings. The molecule has 1 rings (SSSR count). The van der Waals surface area contributed by atoms with Crippen molar-refractivity contribution < 1.29 is 39.8 Å². The van der Waals surface area contributed by atoms with E-state index in [0.29, 0.717) is 6.42 Å². The Bertz CT molecular complexity index is 1430. The summed E-state index contributed by atoms with van der Waals surface area (Å²) in [4.78, 5) is 13.1. The number of ether oxygens (including phenoxy) is 2. The van der Waals surface area contributed by atoms with E-state index in [1.54, 1.807) is 6.08 Å². The van der Waals surface area contributed by atoms with E-state index >= 15 is 0 Å². The third kappa shape index (κ3) is 50.3. The number of nitrogens with one attached hydrogen (secondary N) is 1. The molecule has 482 valence electrons. The standard InChI is InChI=1S/C73H137NO8/c1-3-5-7-9-11-13-15-17-19-21-23-25-26-27-28-29-30-31-32-33-34-35-36-37-38-39-40-41-42-43-45-47-49-51-53-55-57-59-61-63-69(77)74-66(65-81-73-72(80)71(79)70(78)68(64-75)82-73)67(76)62-60-58-56-54-52-50-48-46-44-24-22-20-18-16-14-12-10-8-6-4-2/h15,17,21,23,52,54,60,62,66-68,70-73,75-76,78-80H,3-14,16,18-20,22,24-51,53,55-59,61,63-65H2,1-2H3,(H,74,77)/b17-15-,23-21-,54-52+,62-60+. The van der Waals surface area contributed by atoms with Crippen LogP contribution in [0.15, 0.2) is 48.6 Å². The molecule has 0 radical (unpaired) electrons. The molecule has 1 saturated heterocycles. The van der Waals surface area contributed by atoms with Gasteiger partial charge in [0.2, 0.25) is 5.91 Å². The summed E-state index contributed by atoms with van der Waals surface area (Å²) in [5.41, 5.74) is 0. The summed E-state index contributed by atoms with van der Waals surface area (Å²) in [5.74, 6) is -0.180. The molecule has 9 nitrogen and oxygen atoms in total. The minimum absolute atomic E-state index is 0.180. The Morgan fingerprint density at radius 1 is 0.415 bits per heavy atom. The van der Waals surface area contributed by atoms with Gasteiger partial charge in [0.15, 0.2) is 6.29 Å². The van der Waals surface area contributed by atoms with E-state index in [2.05, 4.69) is 55.6 Å². The average Bonchev–Trinajstić information content (AvgIpc) is 3.52. The van der Waals surface area contributed by atoms with Crippen LogP contribution in [-0.2, 0) is 14.3 Å². The maximum absolute atomic E-state index is 13.1. The number of carbonyl (C=O) groups excluding carboxylic acids is 1. The van der Waals surface area contributed by atoms with E-state index < -0.39 is 49.5 Å². The highest BCUT2D eigenvalue weighted by molar-refractivity contribution is 5.76. The van der Waals surface area contributed by atoms with Crippen LogP contribution in [0, 0.1) is 0 Å². The summed E-state index contributed by atoms with van der Waals surface area (Å²) in [6, 6.07) is -0.821. The molecule has 0 aliphatic carbocycles. The van der Waals surface area contributed by atoms with E-state index in [9.17, 15) is 30.3 Å². The Kier molecular flexibility index (Phi) is 59.3. The predicted molar refractivity (Wildman–Crippen MR) is 350 cm³/mol. The largest absolute Gasteiger partial charge is 0.394 e. The number of hydrogen-bond acceptors (Lipinski definition) is 8. The zero-order valence-corrected chi connectivity index (χ0v) is 54.0. The van der Waals surface area contributed by atoms with Crippen LogP contribution in [0.3, 0.4) is 0 Å². The molecular formula is C73H137NO8. The van der Waals surface area contributed by atoms with Crippen molar-refractivity contribution in [1.29, 1.82) is 0 Å². The van der Waals surface area contributed by atoms with Crippen molar-refractivity contribution in [2.75, 3.05) is 13.2 Å². The fourth-order valence-corrected chi connectivity index (χ4v) is 11.5. The molecule has 1 fully saturated rings. The molecule has 0 bridgehead atoms. The van der Waals surface area contributed by atoms with E-state index in [-0.39, 0.29) is 12.5 Å². The lowest BCUT2D eigenvalue weighted by Gasteiger charge is -2.40. The average molecular weight is 1160 g/mol. The van der Waals surface area contributed by atoms with Crippen LogP contribution in [-0.4, -0.2) is 87.5 Å². The number of aliphatic hydroxyl groups is 5. The molecule has 1 amide bonds. The normalized spacial score (nSPS) is 18.5. The third-order valence-corrected chi connectivity index (χ3v) is 17.1. The van der Waals surface area contributed by atoms with Gasteiger partial charge in [-0.25, -0.2) is 0 Å². The first-order chi connectivity index (χ1) is 40.3. The molecular weight excluding hydrogens is 1020 g/mol. The van der Waals surface area contributed by atoms with Crippen LogP contribution in [0.1, 0.15) is 354 Å². The van der Waals surface area contributed by atoms with Crippen molar-refractivity contribution in [3.63, 3.8) is 0 Å². The first-order valence-corrected chi connectivity index (χ1v) is 35.9. The van der Waals surface area contributed by atoms with Gasteiger partial charge < -0.3 is 40.3 Å². The number of allylic oxidation sites excluding steroid dienone is 7. The fourth-order valence-electron chi connectivity index (χ4n) is 11.5. The number of rotatable bonds is 63. The van der Waals surface area contributed by atoms with Crippen molar-refractivity contribution in [3.8, 4) is 0 Å². The lowest BCUT2D eigenvalue weighted by atomic mass is 9.99. The van der Waals surface area contributed by atoms with E-state index in [4.69, 9.17) is 9.47 Å². The quantitative estimate of drug-likeness (QED) is 0.0261. The Labute approximate surface area is 507 Å². The van der Waals surface area contributed by atoms with E-state index in [1.807, 2.05) is 6.08 Å². The number of carbonyl (C=O) groups is 1. The van der Waals surface area contributed by atoms with Crippen LogP contribution in [0.4, 0.5) is 0 Å². The van der Waals surface area contributed by atoms with Gasteiger partial charge in [-0.1, -0.05) is 332 Å². The minimum Gasteiger partial charge on any atom is -0.394 e. The summed E-state index contributed by atoms with van der Waals surface area (Å²) in [6.07, 6.45) is 78.1. The molecule has 1 aliphatic heterocycles. The summed E-state index contributed by atoms with van der Waals surface area (Å²) in [5, 5.41) is 54.7. The van der Waals surface area contributed by atoms with E-state index in [0.717, 1.165) is 44.9 Å². The summed E-state index contributed by atoms with van der Waals surface area (Å²) in [7, 11) is 0. The van der Waals surface area contributed by atoms with Crippen molar-refractivity contribution >= 4 is 5.91 Å². The highest BCUT2D eigenvalue weighted by Gasteiger charge is 2.44. The highest BCUT2D eigenvalue weighted by Crippen LogP contribution is 2.23. The lowest BCUT2D eigenvalue weighted by molar-refractivity contribution is -0.302. The van der Waals surface area contributed by atoms with Gasteiger partial charge in [0, 0.05) is 6.42 Å². The Morgan fingerprint density at radius 2 is 0.732 bits per heavy atom. The van der Waals surface area contributed by atoms with Gasteiger partial charge in [0.05, 0.1) is 25.4 Å². The van der Waals surface area contributed by atoms with E-state index in [1.165, 1.54) is 289 Å². The maximum atomic E-state index is 13.1. The second kappa shape index (κ2) is 62.2. The topological polar surface area (TPSA) is 149 Å². The smallest absolute Gasteiger partial charge is 0.220 e. The monoisotopic (exact) mass is 1160 g/mol. The predicted octanol–water partition coefficient (Wildman–Crippen LogP) is 19.6. The molecule has 0 aromatic carbocycles. The molecule has 1 heterocycles. The van der Waals surface area contributed by atoms with Gasteiger partial charge in [0.1, 0.15) is 24.4 Å². The second-order valence-electron chi connectivity index (χ2n) is 25.0. The van der Waals surface area contributed by atoms with Crippen molar-refractivity contribution in [1.82, 2.24) is 5.32 Å². The Hall–Kier alpha value is -1.85. The first kappa shape index (κ1) is 78.2.